The molecule has 44 heavy (non-hydrogen) atoms. The van der Waals surface area contributed by atoms with E-state index >= 15 is 0 Å². The molecule has 6 N–H and O–H groups in total. The van der Waals surface area contributed by atoms with Crippen LogP contribution in [0, 0.1) is 13.8 Å². The van der Waals surface area contributed by atoms with Crippen LogP contribution in [0.5, 0.6) is 0 Å². The van der Waals surface area contributed by atoms with Gasteiger partial charge in [-0.3, -0.25) is 19.2 Å². The Balaban J connectivity index is 1.81. The smallest absolute Gasteiger partial charge is 0.303 e. The van der Waals surface area contributed by atoms with Crippen molar-refractivity contribution in [2.24, 2.45) is 0 Å². The van der Waals surface area contributed by atoms with Crippen LogP contribution in [-0.2, 0) is 38.4 Å². The third kappa shape index (κ3) is 6.62. The number of aliphatic carboxylic acids is 2. The molecule has 2 aliphatic rings. The summed E-state index contributed by atoms with van der Waals surface area (Å²) in [6.45, 7) is 11.4. The molecule has 0 bridgehead atoms. The summed E-state index contributed by atoms with van der Waals surface area (Å²) >= 11 is 4.57. The van der Waals surface area contributed by atoms with Gasteiger partial charge in [-0.15, -0.1) is 0 Å². The van der Waals surface area contributed by atoms with Crippen molar-refractivity contribution in [2.75, 3.05) is 0 Å². The van der Waals surface area contributed by atoms with Crippen LogP contribution in [0.3, 0.4) is 0 Å². The molecule has 4 heterocycles. The molecular formula is C33H40N4O6S. The van der Waals surface area contributed by atoms with Crippen LogP contribution in [0.1, 0.15) is 92.0 Å². The molecule has 11 heteroatoms. The Labute approximate surface area is 262 Å². The van der Waals surface area contributed by atoms with Gasteiger partial charge in [0.1, 0.15) is 0 Å². The van der Waals surface area contributed by atoms with E-state index in [2.05, 4.69) is 33.2 Å². The molecule has 2 aromatic rings. The summed E-state index contributed by atoms with van der Waals surface area (Å²) in [4.78, 5) is 54.9. The summed E-state index contributed by atoms with van der Waals surface area (Å²) in [7, 11) is 0. The average molecular weight is 621 g/mol. The van der Waals surface area contributed by atoms with Gasteiger partial charge in [0.15, 0.2) is 0 Å². The van der Waals surface area contributed by atoms with Crippen molar-refractivity contribution in [1.82, 2.24) is 20.6 Å². The van der Waals surface area contributed by atoms with Gasteiger partial charge in [0.25, 0.3) is 11.8 Å². The first-order valence-electron chi connectivity index (χ1n) is 14.7. The van der Waals surface area contributed by atoms with Crippen LogP contribution in [0.15, 0.2) is 33.7 Å². The Hall–Kier alpha value is -4.25. The average Bonchev–Trinajstić information content (AvgIpc) is 3.59. The maximum absolute atomic E-state index is 12.4. The highest BCUT2D eigenvalue weighted by molar-refractivity contribution is 7.81. The molecule has 2 aromatic heterocycles. The topological polar surface area (TPSA) is 164 Å². The summed E-state index contributed by atoms with van der Waals surface area (Å²) in [5.41, 5.74) is 11.0. The van der Waals surface area contributed by atoms with E-state index in [0.29, 0.717) is 42.7 Å². The number of nitrogens with one attached hydrogen (secondary N) is 4. The molecule has 2 aliphatic heterocycles. The monoisotopic (exact) mass is 620 g/mol. The highest BCUT2D eigenvalue weighted by Crippen LogP contribution is 2.33. The van der Waals surface area contributed by atoms with Crippen molar-refractivity contribution in [3.8, 4) is 0 Å². The lowest BCUT2D eigenvalue weighted by atomic mass is 9.98. The van der Waals surface area contributed by atoms with Gasteiger partial charge in [0.2, 0.25) is 0 Å². The van der Waals surface area contributed by atoms with Crippen molar-refractivity contribution in [3.05, 3.63) is 78.7 Å². The molecule has 10 nitrogen and oxygen atoms in total. The minimum absolute atomic E-state index is 0.0552. The molecule has 234 valence electrons. The molecule has 0 aromatic carbocycles. The van der Waals surface area contributed by atoms with Crippen LogP contribution >= 0.6 is 12.6 Å². The first-order chi connectivity index (χ1) is 20.7. The number of aromatic amines is 2. The molecule has 0 radical (unpaired) electrons. The zero-order valence-corrected chi connectivity index (χ0v) is 26.8. The molecule has 0 aliphatic carbocycles. The van der Waals surface area contributed by atoms with Crippen molar-refractivity contribution in [2.45, 2.75) is 85.3 Å². The number of carboxylic acids is 2. The fraction of sp³-hybridized carbons (Fsp3) is 0.394. The number of hydrogen-bond donors (Lipinski definition) is 7. The number of carbonyl (C=O) groups is 4. The largest absolute Gasteiger partial charge is 0.481 e. The van der Waals surface area contributed by atoms with Gasteiger partial charge in [-0.1, -0.05) is 6.92 Å². The Morgan fingerprint density at radius 1 is 0.795 bits per heavy atom. The molecule has 0 fully saturated rings. The predicted octanol–water partition coefficient (Wildman–Crippen LogP) is 4.89. The minimum Gasteiger partial charge on any atom is -0.481 e. The maximum Gasteiger partial charge on any atom is 0.303 e. The van der Waals surface area contributed by atoms with E-state index in [1.54, 1.807) is 6.92 Å². The van der Waals surface area contributed by atoms with Gasteiger partial charge < -0.3 is 30.8 Å². The zero-order valence-electron chi connectivity index (χ0n) is 25.9. The molecule has 0 saturated carbocycles. The van der Waals surface area contributed by atoms with Crippen molar-refractivity contribution in [3.63, 3.8) is 0 Å². The second-order valence-corrected chi connectivity index (χ2v) is 12.2. The van der Waals surface area contributed by atoms with Gasteiger partial charge in [-0.25, -0.2) is 0 Å². The maximum atomic E-state index is 12.4. The number of thiol groups is 1. The number of allylic oxidation sites excluding steroid dienone is 2. The fourth-order valence-electron chi connectivity index (χ4n) is 6.09. The van der Waals surface area contributed by atoms with Crippen LogP contribution in [-0.4, -0.2) is 49.2 Å². The van der Waals surface area contributed by atoms with E-state index in [9.17, 15) is 29.4 Å². The quantitative estimate of drug-likeness (QED) is 0.167. The second-order valence-electron chi connectivity index (χ2n) is 11.4. The Kier molecular flexibility index (Phi) is 9.78. The minimum atomic E-state index is -0.912. The Morgan fingerprint density at radius 2 is 1.27 bits per heavy atom. The molecule has 0 saturated heterocycles. The van der Waals surface area contributed by atoms with E-state index in [1.165, 1.54) is 0 Å². The summed E-state index contributed by atoms with van der Waals surface area (Å²) in [6.07, 6.45) is 5.22. The third-order valence-corrected chi connectivity index (χ3v) is 8.81. The van der Waals surface area contributed by atoms with Crippen molar-refractivity contribution < 1.29 is 29.4 Å². The molecule has 1 atom stereocenters. The molecule has 0 spiro atoms. The number of amides is 2. The lowest BCUT2D eigenvalue weighted by Crippen LogP contribution is -2.16. The van der Waals surface area contributed by atoms with Gasteiger partial charge in [-0.05, 0) is 99.4 Å². The van der Waals surface area contributed by atoms with E-state index in [1.807, 2.05) is 46.8 Å². The number of carbonyl (C=O) groups excluding carboxylic acids is 2. The van der Waals surface area contributed by atoms with Gasteiger partial charge in [-0.2, -0.15) is 12.6 Å². The van der Waals surface area contributed by atoms with Crippen molar-refractivity contribution in [1.29, 1.82) is 0 Å². The lowest BCUT2D eigenvalue weighted by molar-refractivity contribution is -0.138. The summed E-state index contributed by atoms with van der Waals surface area (Å²) in [5, 5.41) is 24.6. The van der Waals surface area contributed by atoms with Gasteiger partial charge in [0.05, 0.1) is 0 Å². The van der Waals surface area contributed by atoms with Gasteiger partial charge in [0, 0.05) is 69.8 Å². The van der Waals surface area contributed by atoms with Crippen LogP contribution in [0.4, 0.5) is 0 Å². The van der Waals surface area contributed by atoms with Crippen LogP contribution < -0.4 is 10.6 Å². The fourth-order valence-corrected chi connectivity index (χ4v) is 6.42. The standard InChI is InChI=1S/C33H40N4O6S/c1-7-20-15(2)25(36-33(20)43)12-23-16(3)21(8-10-29(38)39)26(34-23)14-27-22(9-11-30(40)41)17(4)24(35-27)13-28-31(19(6)44)18(5)32(42)37-28/h12-13,19,34-35,44H,7-11,14H2,1-6H3,(H,36,43)(H,37,42)(H,38,39)(H,40,41)/b25-12+,28-13-/t19-/m0/s1. The van der Waals surface area contributed by atoms with Gasteiger partial charge >= 0.3 is 11.9 Å². The van der Waals surface area contributed by atoms with E-state index in [0.717, 1.165) is 61.7 Å². The summed E-state index contributed by atoms with van der Waals surface area (Å²) in [6, 6.07) is 0. The summed E-state index contributed by atoms with van der Waals surface area (Å²) in [5.74, 6) is -2.11. The number of carboxylic acid groups (broad SMARTS) is 2. The first-order valence-corrected chi connectivity index (χ1v) is 15.2. The Bertz CT molecular complexity index is 1680. The van der Waals surface area contributed by atoms with Crippen molar-refractivity contribution >= 4 is 48.5 Å². The zero-order chi connectivity index (χ0) is 32.5. The van der Waals surface area contributed by atoms with Crippen LogP contribution in [0.25, 0.3) is 12.2 Å². The summed E-state index contributed by atoms with van der Waals surface area (Å²) < 4.78 is 0. The highest BCUT2D eigenvalue weighted by atomic mass is 32.1. The number of H-pyrrole nitrogens is 2. The molecular weight excluding hydrogens is 580 g/mol. The molecule has 4 rings (SSSR count). The Morgan fingerprint density at radius 3 is 1.70 bits per heavy atom. The van der Waals surface area contributed by atoms with E-state index < -0.39 is 11.9 Å². The first kappa shape index (κ1) is 32.7. The van der Waals surface area contributed by atoms with E-state index in [4.69, 9.17) is 0 Å². The molecule has 2 amide bonds. The number of hydrogen-bond acceptors (Lipinski definition) is 5. The second kappa shape index (κ2) is 13.2. The lowest BCUT2D eigenvalue weighted by Gasteiger charge is -2.09. The third-order valence-electron chi connectivity index (χ3n) is 8.55. The number of rotatable bonds is 12. The van der Waals surface area contributed by atoms with E-state index in [-0.39, 0.29) is 29.9 Å². The number of aromatic nitrogens is 2. The SMILES string of the molecule is CCC1=C(C)/C(=C\c2[nH]c(Cc3[nH]c(/C=C4\NC(=O)C(C)=C4[C@H](C)S)c(C)c3CCC(=O)O)c(CCC(=O)O)c2C)NC1=O. The van der Waals surface area contributed by atoms with Crippen LogP contribution in [0.2, 0.25) is 0 Å². The highest BCUT2D eigenvalue weighted by Gasteiger charge is 2.28. The predicted molar refractivity (Wildman–Crippen MR) is 172 cm³/mol. The molecule has 0 unspecified atom stereocenters. The normalized spacial score (nSPS) is 17.7.